The Bertz CT molecular complexity index is 698. The van der Waals surface area contributed by atoms with E-state index < -0.39 is 11.5 Å². The molecule has 0 aliphatic heterocycles. The normalized spacial score (nSPS) is 9.88. The van der Waals surface area contributed by atoms with Gasteiger partial charge in [0, 0.05) is 18.2 Å². The SMILES string of the molecule is CC.CO.N=C(SC(=N)C(F)F)c1ncc2c(Cl)cc(SCl)cn12. The van der Waals surface area contributed by atoms with Crippen molar-refractivity contribution in [3.8, 4) is 0 Å². The van der Waals surface area contributed by atoms with Crippen molar-refractivity contribution in [3.05, 3.63) is 29.3 Å². The molecule has 0 radical (unpaired) electrons. The molecule has 2 rings (SSSR count). The largest absolute Gasteiger partial charge is 0.400 e. The number of aliphatic hydroxyl groups excluding tert-OH is 1. The van der Waals surface area contributed by atoms with Gasteiger partial charge in [0.2, 0.25) is 0 Å². The van der Waals surface area contributed by atoms with E-state index in [1.807, 2.05) is 13.8 Å². The van der Waals surface area contributed by atoms with Crippen LogP contribution >= 0.6 is 45.0 Å². The molecule has 0 amide bonds. The first-order chi connectivity index (χ1) is 11.4. The minimum atomic E-state index is -2.91. The molecule has 0 aliphatic rings. The molecule has 0 fully saturated rings. The smallest absolute Gasteiger partial charge is 0.285 e. The zero-order chi connectivity index (χ0) is 18.9. The van der Waals surface area contributed by atoms with Crippen LogP contribution in [0.25, 0.3) is 5.52 Å². The van der Waals surface area contributed by atoms with Gasteiger partial charge in [0.1, 0.15) is 10.1 Å². The van der Waals surface area contributed by atoms with Gasteiger partial charge in [0.25, 0.3) is 6.43 Å². The van der Waals surface area contributed by atoms with Crippen LogP contribution in [0, 0.1) is 10.8 Å². The first kappa shape index (κ1) is 23.1. The number of thioether (sulfide) groups is 1. The highest BCUT2D eigenvalue weighted by atomic mass is 35.7. The number of hydrogen-bond donors (Lipinski definition) is 3. The third kappa shape index (κ3) is 5.89. The van der Waals surface area contributed by atoms with Crippen molar-refractivity contribution in [2.75, 3.05) is 7.11 Å². The maximum atomic E-state index is 12.3. The number of halogens is 4. The lowest BCUT2D eigenvalue weighted by molar-refractivity contribution is 0.228. The van der Waals surface area contributed by atoms with Crippen molar-refractivity contribution in [2.45, 2.75) is 25.2 Å². The highest BCUT2D eigenvalue weighted by Crippen LogP contribution is 2.29. The molecule has 0 bridgehead atoms. The average molecular weight is 417 g/mol. The van der Waals surface area contributed by atoms with Crippen LogP contribution in [0.5, 0.6) is 0 Å². The monoisotopic (exact) mass is 416 g/mol. The summed E-state index contributed by atoms with van der Waals surface area (Å²) in [6, 6.07) is 1.64. The topological polar surface area (TPSA) is 85.2 Å². The maximum absolute atomic E-state index is 12.3. The van der Waals surface area contributed by atoms with E-state index >= 15 is 0 Å². The second kappa shape index (κ2) is 11.6. The molecule has 134 valence electrons. The number of hydrogen-bond acceptors (Lipinski definition) is 6. The zero-order valence-corrected chi connectivity index (χ0v) is 16.1. The van der Waals surface area contributed by atoms with E-state index in [4.69, 9.17) is 38.2 Å². The number of rotatable bonds is 3. The van der Waals surface area contributed by atoms with Gasteiger partial charge >= 0.3 is 0 Å². The number of imidazole rings is 1. The zero-order valence-electron chi connectivity index (χ0n) is 13.0. The molecule has 2 heterocycles. The lowest BCUT2D eigenvalue weighted by Crippen LogP contribution is -2.10. The van der Waals surface area contributed by atoms with Crippen molar-refractivity contribution in [1.29, 1.82) is 10.8 Å². The number of aliphatic hydroxyl groups is 1. The fourth-order valence-electron chi connectivity index (χ4n) is 1.44. The van der Waals surface area contributed by atoms with Crippen molar-refractivity contribution >= 4 is 60.6 Å². The van der Waals surface area contributed by atoms with E-state index in [0.29, 0.717) is 27.2 Å². The Balaban J connectivity index is 0.00000123. The van der Waals surface area contributed by atoms with Crippen molar-refractivity contribution < 1.29 is 13.9 Å². The van der Waals surface area contributed by atoms with Crippen LogP contribution in [-0.4, -0.2) is 38.1 Å². The van der Waals surface area contributed by atoms with Gasteiger partial charge in [0.15, 0.2) is 5.82 Å². The van der Waals surface area contributed by atoms with E-state index in [2.05, 4.69) is 4.98 Å². The van der Waals surface area contributed by atoms with Gasteiger partial charge in [-0.05, 0) is 39.5 Å². The first-order valence-corrected chi connectivity index (χ1v) is 9.31. The Labute approximate surface area is 156 Å². The summed E-state index contributed by atoms with van der Waals surface area (Å²) >= 11 is 6.39. The van der Waals surface area contributed by atoms with Crippen LogP contribution in [0.1, 0.15) is 19.7 Å². The fourth-order valence-corrected chi connectivity index (χ4v) is 2.88. The molecule has 5 nitrogen and oxygen atoms in total. The van der Waals surface area contributed by atoms with E-state index in [-0.39, 0.29) is 10.9 Å². The van der Waals surface area contributed by atoms with Crippen molar-refractivity contribution in [1.82, 2.24) is 9.38 Å². The molecule has 2 aromatic rings. The van der Waals surface area contributed by atoms with Gasteiger partial charge in [-0.2, -0.15) is 0 Å². The average Bonchev–Trinajstić information content (AvgIpc) is 3.02. The number of fused-ring (bicyclic) bond motifs is 1. The van der Waals surface area contributed by atoms with Crippen molar-refractivity contribution in [2.24, 2.45) is 0 Å². The third-order valence-corrected chi connectivity index (χ3v) is 4.29. The standard InChI is InChI=1S/C10H6Cl2F2N4S2.C2H6.CH4O/c11-5-1-4(20-12)3-18-6(5)2-17-10(18)9(16)19-8(15)7(13)14;2*1-2/h1-3,7,15-16H;1-2H3;2H,1H3. The van der Waals surface area contributed by atoms with Gasteiger partial charge < -0.3 is 5.11 Å². The van der Waals surface area contributed by atoms with Gasteiger partial charge in [-0.25, -0.2) is 13.8 Å². The molecule has 11 heteroatoms. The number of nitrogens with one attached hydrogen (secondary N) is 2. The summed E-state index contributed by atoms with van der Waals surface area (Å²) in [4.78, 5) is 4.61. The lowest BCUT2D eigenvalue weighted by Gasteiger charge is -2.06. The molecule has 0 atom stereocenters. The second-order valence-corrected chi connectivity index (χ2v) is 6.08. The third-order valence-electron chi connectivity index (χ3n) is 2.27. The summed E-state index contributed by atoms with van der Waals surface area (Å²) in [7, 11) is 7.60. The molecule has 0 spiro atoms. The first-order valence-electron chi connectivity index (χ1n) is 6.47. The van der Waals surface area contributed by atoms with Crippen LogP contribution < -0.4 is 0 Å². The fraction of sp³-hybridized carbons (Fsp3) is 0.308. The number of pyridine rings is 1. The molecule has 0 aromatic carbocycles. The van der Waals surface area contributed by atoms with Crippen LogP contribution in [0.3, 0.4) is 0 Å². The molecular weight excluding hydrogens is 401 g/mol. The molecule has 2 aromatic heterocycles. The minimum Gasteiger partial charge on any atom is -0.400 e. The number of alkyl halides is 2. The van der Waals surface area contributed by atoms with Gasteiger partial charge in [-0.3, -0.25) is 15.2 Å². The molecule has 0 aliphatic carbocycles. The van der Waals surface area contributed by atoms with Gasteiger partial charge in [-0.1, -0.05) is 25.4 Å². The predicted molar refractivity (Wildman–Crippen MR) is 99.6 cm³/mol. The summed E-state index contributed by atoms with van der Waals surface area (Å²) in [6.45, 7) is 4.00. The maximum Gasteiger partial charge on any atom is 0.285 e. The Morgan fingerprint density at radius 2 is 1.92 bits per heavy atom. The Morgan fingerprint density at radius 3 is 2.42 bits per heavy atom. The van der Waals surface area contributed by atoms with Crippen molar-refractivity contribution in [3.63, 3.8) is 0 Å². The Kier molecular flexibility index (Phi) is 11.2. The number of nitrogens with zero attached hydrogens (tertiary/aromatic N) is 2. The molecule has 0 saturated heterocycles. The highest BCUT2D eigenvalue weighted by Gasteiger charge is 2.19. The summed E-state index contributed by atoms with van der Waals surface area (Å²) in [5.41, 5.74) is 0.532. The summed E-state index contributed by atoms with van der Waals surface area (Å²) in [5, 5.41) is 21.1. The second-order valence-electron chi connectivity index (χ2n) is 3.53. The Hall–Kier alpha value is -0.870. The lowest BCUT2D eigenvalue weighted by atomic mass is 10.4. The Morgan fingerprint density at radius 1 is 1.33 bits per heavy atom. The minimum absolute atomic E-state index is 0.130. The molecule has 0 saturated carbocycles. The molecule has 0 unspecified atom stereocenters. The predicted octanol–water partition coefficient (Wildman–Crippen LogP) is 5.17. The summed E-state index contributed by atoms with van der Waals surface area (Å²) in [5.74, 6) is 0.130. The van der Waals surface area contributed by atoms with E-state index in [1.165, 1.54) is 10.6 Å². The quantitative estimate of drug-likeness (QED) is 0.475. The van der Waals surface area contributed by atoms with Crippen LogP contribution in [-0.2, 0) is 0 Å². The van der Waals surface area contributed by atoms with Crippen LogP contribution in [0.2, 0.25) is 5.02 Å². The van der Waals surface area contributed by atoms with E-state index in [0.717, 1.165) is 18.1 Å². The van der Waals surface area contributed by atoms with Gasteiger partial charge in [0.05, 0.1) is 16.7 Å². The summed E-state index contributed by atoms with van der Waals surface area (Å²) < 4.78 is 26.1. The summed E-state index contributed by atoms with van der Waals surface area (Å²) in [6.07, 6.45) is 0.119. The molecule has 3 N–H and O–H groups in total. The highest BCUT2D eigenvalue weighted by molar-refractivity contribution is 8.26. The van der Waals surface area contributed by atoms with Crippen LogP contribution in [0.15, 0.2) is 23.4 Å². The van der Waals surface area contributed by atoms with E-state index in [1.54, 1.807) is 12.3 Å². The molecular formula is C13H16Cl2F2N4OS2. The van der Waals surface area contributed by atoms with Gasteiger partial charge in [-0.15, -0.1) is 0 Å². The van der Waals surface area contributed by atoms with E-state index in [9.17, 15) is 8.78 Å². The van der Waals surface area contributed by atoms with Crippen LogP contribution in [0.4, 0.5) is 8.78 Å². The number of aromatic nitrogens is 2. The molecule has 24 heavy (non-hydrogen) atoms.